The summed E-state index contributed by atoms with van der Waals surface area (Å²) >= 11 is 0. The number of likely N-dealkylation sites (tertiary alicyclic amines) is 1. The van der Waals surface area contributed by atoms with Gasteiger partial charge in [0.25, 0.3) is 5.91 Å². The molecule has 0 aliphatic carbocycles. The van der Waals surface area contributed by atoms with E-state index in [-0.39, 0.29) is 5.91 Å². The van der Waals surface area contributed by atoms with Crippen LogP contribution in [0.1, 0.15) is 60.5 Å². The van der Waals surface area contributed by atoms with Gasteiger partial charge in [0.15, 0.2) is 0 Å². The summed E-state index contributed by atoms with van der Waals surface area (Å²) in [7, 11) is 0. The lowest BCUT2D eigenvalue weighted by molar-refractivity contribution is 0.0698. The highest BCUT2D eigenvalue weighted by Crippen LogP contribution is 2.27. The second-order valence-corrected chi connectivity index (χ2v) is 7.44. The van der Waals surface area contributed by atoms with Crippen LogP contribution in [0.5, 0.6) is 0 Å². The molecule has 0 radical (unpaired) electrons. The first-order valence-corrected chi connectivity index (χ1v) is 9.92. The van der Waals surface area contributed by atoms with Crippen LogP contribution in [0.3, 0.4) is 0 Å². The zero-order chi connectivity index (χ0) is 18.8. The first kappa shape index (κ1) is 17.8. The molecule has 0 N–H and O–H groups in total. The number of hydrogen-bond donors (Lipinski definition) is 0. The van der Waals surface area contributed by atoms with Crippen LogP contribution in [0, 0.1) is 6.92 Å². The first-order chi connectivity index (χ1) is 13.2. The zero-order valence-electron chi connectivity index (χ0n) is 16.1. The lowest BCUT2D eigenvalue weighted by Crippen LogP contribution is -2.40. The molecule has 1 amide bonds. The van der Waals surface area contributed by atoms with Crippen molar-refractivity contribution in [2.45, 2.75) is 52.0 Å². The summed E-state index contributed by atoms with van der Waals surface area (Å²) in [5, 5.41) is 0. The summed E-state index contributed by atoms with van der Waals surface area (Å²) in [5.41, 5.74) is 2.43. The number of aromatic nitrogens is 4. The number of carbonyl (C=O) groups is 1. The standard InChI is InChI=1S/C21H27N5O/c1-3-4-11-24-13-10-22-20(24)17-8-6-12-25(14-17)21(27)18-15-26-16(2)7-5-9-19(26)23-18/h5,7,9-10,13,15,17H,3-4,6,8,11-12,14H2,1-2H3. The molecule has 0 saturated carbocycles. The number of unbranched alkanes of at least 4 members (excludes halogenated alkanes) is 1. The smallest absolute Gasteiger partial charge is 0.274 e. The van der Waals surface area contributed by atoms with Gasteiger partial charge in [0.1, 0.15) is 17.2 Å². The van der Waals surface area contributed by atoms with Gasteiger partial charge in [-0.05, 0) is 38.3 Å². The first-order valence-electron chi connectivity index (χ1n) is 9.92. The Morgan fingerprint density at radius 3 is 3.04 bits per heavy atom. The van der Waals surface area contributed by atoms with Crippen LogP contribution in [-0.2, 0) is 6.54 Å². The number of hydrogen-bond acceptors (Lipinski definition) is 3. The van der Waals surface area contributed by atoms with Crippen LogP contribution >= 0.6 is 0 Å². The summed E-state index contributed by atoms with van der Waals surface area (Å²) in [4.78, 5) is 24.2. The van der Waals surface area contributed by atoms with E-state index in [0.717, 1.165) is 56.1 Å². The van der Waals surface area contributed by atoms with Crippen LogP contribution in [0.15, 0.2) is 36.8 Å². The molecule has 1 saturated heterocycles. The quantitative estimate of drug-likeness (QED) is 0.693. The number of rotatable bonds is 5. The number of carbonyl (C=O) groups excluding carboxylic acids is 1. The summed E-state index contributed by atoms with van der Waals surface area (Å²) < 4.78 is 4.24. The molecule has 0 spiro atoms. The minimum Gasteiger partial charge on any atom is -0.337 e. The van der Waals surface area contributed by atoms with E-state index in [4.69, 9.17) is 0 Å². The fourth-order valence-electron chi connectivity index (χ4n) is 3.98. The Morgan fingerprint density at radius 1 is 1.33 bits per heavy atom. The summed E-state index contributed by atoms with van der Waals surface area (Å²) in [6, 6.07) is 5.93. The fourth-order valence-corrected chi connectivity index (χ4v) is 3.98. The highest BCUT2D eigenvalue weighted by molar-refractivity contribution is 5.93. The topological polar surface area (TPSA) is 55.4 Å². The molecule has 1 aliphatic rings. The molecule has 27 heavy (non-hydrogen) atoms. The molecule has 1 atom stereocenters. The predicted molar refractivity (Wildman–Crippen MR) is 105 cm³/mol. The maximum absolute atomic E-state index is 13.1. The molecule has 6 heteroatoms. The second kappa shape index (κ2) is 7.55. The SMILES string of the molecule is CCCCn1ccnc1C1CCCN(C(=O)c2cn3c(C)cccc3n2)C1. The number of imidazole rings is 2. The molecule has 1 aliphatic heterocycles. The van der Waals surface area contributed by atoms with Crippen molar-refractivity contribution in [1.29, 1.82) is 0 Å². The van der Waals surface area contributed by atoms with E-state index in [9.17, 15) is 4.79 Å². The van der Waals surface area contributed by atoms with Gasteiger partial charge in [-0.15, -0.1) is 0 Å². The second-order valence-electron chi connectivity index (χ2n) is 7.44. The third-order valence-electron chi connectivity index (χ3n) is 5.49. The molecule has 3 aromatic rings. The van der Waals surface area contributed by atoms with Gasteiger partial charge in [-0.2, -0.15) is 0 Å². The molecular weight excluding hydrogens is 338 g/mol. The van der Waals surface area contributed by atoms with Crippen molar-refractivity contribution in [2.75, 3.05) is 13.1 Å². The number of amides is 1. The average Bonchev–Trinajstić information content (AvgIpc) is 3.33. The Hall–Kier alpha value is -2.63. The number of piperidine rings is 1. The number of aryl methyl sites for hydroxylation is 2. The number of pyridine rings is 1. The molecule has 1 fully saturated rings. The minimum absolute atomic E-state index is 0.0227. The maximum Gasteiger partial charge on any atom is 0.274 e. The Morgan fingerprint density at radius 2 is 2.22 bits per heavy atom. The maximum atomic E-state index is 13.1. The van der Waals surface area contributed by atoms with Crippen LogP contribution in [-0.4, -0.2) is 42.8 Å². The van der Waals surface area contributed by atoms with Gasteiger partial charge in [0.2, 0.25) is 0 Å². The molecule has 0 bridgehead atoms. The molecule has 1 unspecified atom stereocenters. The zero-order valence-corrected chi connectivity index (χ0v) is 16.1. The largest absolute Gasteiger partial charge is 0.337 e. The monoisotopic (exact) mass is 365 g/mol. The lowest BCUT2D eigenvalue weighted by atomic mass is 9.96. The van der Waals surface area contributed by atoms with Crippen molar-refractivity contribution in [1.82, 2.24) is 23.8 Å². The molecule has 0 aromatic carbocycles. The van der Waals surface area contributed by atoms with Gasteiger partial charge in [-0.25, -0.2) is 9.97 Å². The van der Waals surface area contributed by atoms with Crippen LogP contribution in [0.4, 0.5) is 0 Å². The van der Waals surface area contributed by atoms with Gasteiger partial charge in [-0.3, -0.25) is 4.79 Å². The normalized spacial score (nSPS) is 17.6. The summed E-state index contributed by atoms with van der Waals surface area (Å²) in [5.74, 6) is 1.44. The summed E-state index contributed by atoms with van der Waals surface area (Å²) in [6.07, 6.45) is 10.2. The van der Waals surface area contributed by atoms with E-state index in [1.54, 1.807) is 0 Å². The van der Waals surface area contributed by atoms with Gasteiger partial charge in [-0.1, -0.05) is 19.4 Å². The third kappa shape index (κ3) is 3.48. The van der Waals surface area contributed by atoms with Gasteiger partial charge in [0.05, 0.1) is 0 Å². The van der Waals surface area contributed by atoms with Crippen LogP contribution < -0.4 is 0 Å². The third-order valence-corrected chi connectivity index (χ3v) is 5.49. The van der Waals surface area contributed by atoms with Crippen LogP contribution in [0.25, 0.3) is 5.65 Å². The van der Waals surface area contributed by atoms with E-state index < -0.39 is 0 Å². The molecule has 4 heterocycles. The Kier molecular flexibility index (Phi) is 4.97. The Bertz CT molecular complexity index is 941. The highest BCUT2D eigenvalue weighted by Gasteiger charge is 2.29. The van der Waals surface area contributed by atoms with E-state index >= 15 is 0 Å². The van der Waals surface area contributed by atoms with Crippen molar-refractivity contribution in [3.63, 3.8) is 0 Å². The number of nitrogens with zero attached hydrogens (tertiary/aromatic N) is 5. The van der Waals surface area contributed by atoms with Crippen molar-refractivity contribution in [3.8, 4) is 0 Å². The van der Waals surface area contributed by atoms with Crippen molar-refractivity contribution >= 4 is 11.6 Å². The number of fused-ring (bicyclic) bond motifs is 1. The van der Waals surface area contributed by atoms with Crippen molar-refractivity contribution in [2.24, 2.45) is 0 Å². The average molecular weight is 365 g/mol. The minimum atomic E-state index is 0.0227. The van der Waals surface area contributed by atoms with E-state index in [2.05, 4.69) is 27.7 Å². The van der Waals surface area contributed by atoms with Gasteiger partial charge >= 0.3 is 0 Å². The highest BCUT2D eigenvalue weighted by atomic mass is 16.2. The molecule has 142 valence electrons. The van der Waals surface area contributed by atoms with E-state index in [1.807, 2.05) is 46.8 Å². The van der Waals surface area contributed by atoms with Gasteiger partial charge < -0.3 is 13.9 Å². The van der Waals surface area contributed by atoms with Crippen molar-refractivity contribution < 1.29 is 4.79 Å². The molecule has 3 aromatic heterocycles. The van der Waals surface area contributed by atoms with Crippen LogP contribution in [0.2, 0.25) is 0 Å². The van der Waals surface area contributed by atoms with Gasteiger partial charge in [0, 0.05) is 49.8 Å². The summed E-state index contributed by atoms with van der Waals surface area (Å²) in [6.45, 7) is 6.73. The fraction of sp³-hybridized carbons (Fsp3) is 0.476. The Balaban J connectivity index is 1.53. The van der Waals surface area contributed by atoms with Crippen molar-refractivity contribution in [3.05, 3.63) is 54.0 Å². The lowest BCUT2D eigenvalue weighted by Gasteiger charge is -2.32. The van der Waals surface area contributed by atoms with E-state index in [0.29, 0.717) is 11.6 Å². The Labute approximate surface area is 159 Å². The predicted octanol–water partition coefficient (Wildman–Crippen LogP) is 3.66. The molecule has 4 rings (SSSR count). The molecular formula is C21H27N5O. The molecule has 6 nitrogen and oxygen atoms in total. The van der Waals surface area contributed by atoms with E-state index in [1.165, 1.54) is 6.42 Å².